The molecule has 0 radical (unpaired) electrons. The lowest BCUT2D eigenvalue weighted by Crippen LogP contribution is -2.10. The molecule has 0 heterocycles. The van der Waals surface area contributed by atoms with Crippen molar-refractivity contribution in [2.45, 2.75) is 0 Å². The van der Waals surface area contributed by atoms with E-state index in [1.165, 1.54) is 136 Å². The molecule has 18 rings (SSSR count). The van der Waals surface area contributed by atoms with Crippen LogP contribution in [0.25, 0.3) is 130 Å². The van der Waals surface area contributed by atoms with Gasteiger partial charge in [-0.2, -0.15) is 0 Å². The number of nitrogens with one attached hydrogen (secondary N) is 1. The minimum Gasteiger partial charge on any atom is -0.355 e. The fourth-order valence-corrected chi connectivity index (χ4v) is 13.7. The number of rotatable bonds is 7. The van der Waals surface area contributed by atoms with Crippen LogP contribution in [0, 0.1) is 0 Å². The van der Waals surface area contributed by atoms with Crippen LogP contribution >= 0.6 is 11.6 Å². The molecule has 0 aliphatic carbocycles. The number of hydrogen-bond donors (Lipinski definition) is 1. The number of anilines is 5. The highest BCUT2D eigenvalue weighted by atomic mass is 35.5. The number of benzene rings is 18. The topological polar surface area (TPSA) is 15.3 Å². The van der Waals surface area contributed by atoms with E-state index < -0.39 is 0 Å². The van der Waals surface area contributed by atoms with Gasteiger partial charge in [0.2, 0.25) is 0 Å². The van der Waals surface area contributed by atoms with E-state index in [4.69, 9.17) is 11.6 Å². The molecule has 0 aliphatic heterocycles. The highest BCUT2D eigenvalue weighted by Crippen LogP contribution is 2.45. The predicted octanol–water partition coefficient (Wildman–Crippen LogP) is 25.8. The molecule has 91 heavy (non-hydrogen) atoms. The van der Waals surface area contributed by atoms with Crippen LogP contribution in [0.1, 0.15) is 0 Å². The molecule has 0 atom stereocenters. The molecular weight excluding hydrogens is 1120 g/mol. The van der Waals surface area contributed by atoms with E-state index in [1.807, 2.05) is 12.1 Å². The second kappa shape index (κ2) is 23.9. The van der Waals surface area contributed by atoms with Crippen molar-refractivity contribution in [1.29, 1.82) is 0 Å². The summed E-state index contributed by atoms with van der Waals surface area (Å²) in [6, 6.07) is 126. The molecule has 0 fully saturated rings. The number of halogens is 1. The summed E-state index contributed by atoms with van der Waals surface area (Å²) >= 11 is 6.01. The maximum absolute atomic E-state index is 6.01. The molecule has 0 saturated carbocycles. The predicted molar refractivity (Wildman–Crippen MR) is 395 cm³/mol. The summed E-state index contributed by atoms with van der Waals surface area (Å²) in [6.45, 7) is 0. The second-order valence-electron chi connectivity index (χ2n) is 23.3. The average Bonchev–Trinajstić information content (AvgIpc) is 0.945. The van der Waals surface area contributed by atoms with Crippen molar-refractivity contribution in [2.75, 3.05) is 10.2 Å². The fourth-order valence-electron chi connectivity index (χ4n) is 13.5. The Morgan fingerprint density at radius 2 is 0.560 bits per heavy atom. The highest BCUT2D eigenvalue weighted by Gasteiger charge is 2.19. The summed E-state index contributed by atoms with van der Waals surface area (Å²) < 4.78 is 0. The van der Waals surface area contributed by atoms with Gasteiger partial charge in [0.25, 0.3) is 0 Å². The quantitative estimate of drug-likeness (QED) is 0.160. The Morgan fingerprint density at radius 1 is 0.220 bits per heavy atom. The van der Waals surface area contributed by atoms with E-state index in [1.54, 1.807) is 0 Å². The zero-order chi connectivity index (χ0) is 60.6. The first kappa shape index (κ1) is 54.8. The lowest BCUT2D eigenvalue weighted by atomic mass is 9.93. The Balaban J connectivity index is 0.000000121. The van der Waals surface area contributed by atoms with E-state index >= 15 is 0 Å². The third kappa shape index (κ3) is 10.6. The summed E-state index contributed by atoms with van der Waals surface area (Å²) in [6.07, 6.45) is 0. The third-order valence-corrected chi connectivity index (χ3v) is 18.2. The molecule has 3 heteroatoms. The lowest BCUT2D eigenvalue weighted by Gasteiger charge is -2.28. The summed E-state index contributed by atoms with van der Waals surface area (Å²) in [7, 11) is 0. The molecule has 0 saturated heterocycles. The van der Waals surface area contributed by atoms with Gasteiger partial charge in [-0.1, -0.05) is 291 Å². The Bertz CT molecular complexity index is 5770. The SMILES string of the molecule is Clc1ccc(-c2cc3ccccc3c3ccccc23)cc1.c1ccc2cc(N(c3ccc(-c4cc5ccccc5c5ccccc45)cc3)c3cc4ccccc4c4ccccc34)ccc2c1.c1ccc2cc(Nc3cc4ccccc4c4ccccc34)ccc2c1. The van der Waals surface area contributed by atoms with Crippen molar-refractivity contribution < 1.29 is 0 Å². The fraction of sp³-hybridized carbons (Fsp3) is 0. The minimum atomic E-state index is 0.767. The zero-order valence-corrected chi connectivity index (χ0v) is 50.6. The zero-order valence-electron chi connectivity index (χ0n) is 49.8. The van der Waals surface area contributed by atoms with Crippen LogP contribution in [0.15, 0.2) is 352 Å². The van der Waals surface area contributed by atoms with Gasteiger partial charge in [0.1, 0.15) is 0 Å². The maximum Gasteiger partial charge on any atom is 0.0546 e. The van der Waals surface area contributed by atoms with Gasteiger partial charge >= 0.3 is 0 Å². The van der Waals surface area contributed by atoms with E-state index in [-0.39, 0.29) is 0 Å². The molecule has 0 aliphatic rings. The Kier molecular flexibility index (Phi) is 14.4. The maximum atomic E-state index is 6.01. The average molecular weight is 1180 g/mol. The molecule has 0 bridgehead atoms. The first-order chi connectivity index (χ1) is 45.0. The third-order valence-electron chi connectivity index (χ3n) is 17.9. The van der Waals surface area contributed by atoms with Crippen molar-refractivity contribution in [3.63, 3.8) is 0 Å². The Hall–Kier alpha value is -11.6. The van der Waals surface area contributed by atoms with Gasteiger partial charge in [0.15, 0.2) is 0 Å². The lowest BCUT2D eigenvalue weighted by molar-refractivity contribution is 1.31. The Morgan fingerprint density at radius 3 is 1.07 bits per heavy atom. The summed E-state index contributed by atoms with van der Waals surface area (Å²) in [5.74, 6) is 0. The number of fused-ring (bicyclic) bond motifs is 14. The molecule has 0 aromatic heterocycles. The van der Waals surface area contributed by atoms with E-state index in [9.17, 15) is 0 Å². The second-order valence-corrected chi connectivity index (χ2v) is 23.8. The van der Waals surface area contributed by atoms with Gasteiger partial charge in [-0.25, -0.2) is 0 Å². The standard InChI is InChI=1S/C44H29N.C24H17N.C20H13Cl/c1-2-12-32-27-36(26-21-30(32)11-1)45(44-29-34-14-4-6-16-38(34)40-18-9-10-20-42(40)44)35-24-22-31(23-25-35)43-28-33-13-3-5-15-37(33)39-17-7-8-19-41(39)43;1-2-8-18-15-20(14-13-17(18)7-1)25-24-16-19-9-3-4-10-21(19)22-11-5-6-12-23(22)24;21-16-11-9-14(10-12-16)20-13-15-5-1-2-6-17(15)18-7-3-4-8-19(18)20/h1-29H;1-16,25H;1-13H. The molecule has 0 unspecified atom stereocenters. The molecular formula is C88H59ClN2. The molecule has 428 valence electrons. The van der Waals surface area contributed by atoms with Crippen molar-refractivity contribution in [3.05, 3.63) is 357 Å². The van der Waals surface area contributed by atoms with Crippen LogP contribution in [-0.4, -0.2) is 0 Å². The largest absolute Gasteiger partial charge is 0.355 e. The van der Waals surface area contributed by atoms with E-state index in [2.05, 4.69) is 350 Å². The molecule has 0 spiro atoms. The first-order valence-electron chi connectivity index (χ1n) is 31.1. The van der Waals surface area contributed by atoms with Gasteiger partial charge in [-0.15, -0.1) is 0 Å². The van der Waals surface area contributed by atoms with Crippen LogP contribution in [0.3, 0.4) is 0 Å². The molecule has 18 aromatic rings. The molecule has 18 aromatic carbocycles. The van der Waals surface area contributed by atoms with Gasteiger partial charge in [-0.05, 0) is 192 Å². The summed E-state index contributed by atoms with van der Waals surface area (Å²) in [4.78, 5) is 2.42. The smallest absolute Gasteiger partial charge is 0.0546 e. The molecule has 2 nitrogen and oxygen atoms in total. The van der Waals surface area contributed by atoms with Crippen LogP contribution in [0.4, 0.5) is 28.4 Å². The van der Waals surface area contributed by atoms with Gasteiger partial charge in [-0.3, -0.25) is 0 Å². The van der Waals surface area contributed by atoms with Gasteiger partial charge in [0.05, 0.1) is 5.69 Å². The van der Waals surface area contributed by atoms with Crippen molar-refractivity contribution in [2.24, 2.45) is 0 Å². The van der Waals surface area contributed by atoms with Crippen molar-refractivity contribution in [1.82, 2.24) is 0 Å². The molecule has 0 amide bonds. The van der Waals surface area contributed by atoms with E-state index in [0.29, 0.717) is 0 Å². The summed E-state index contributed by atoms with van der Waals surface area (Å²) in [5.41, 5.74) is 10.6. The monoisotopic (exact) mass is 1180 g/mol. The first-order valence-corrected chi connectivity index (χ1v) is 31.4. The van der Waals surface area contributed by atoms with Crippen molar-refractivity contribution in [3.8, 4) is 22.3 Å². The van der Waals surface area contributed by atoms with Gasteiger partial charge < -0.3 is 10.2 Å². The normalized spacial score (nSPS) is 11.4. The van der Waals surface area contributed by atoms with Crippen LogP contribution in [0.2, 0.25) is 5.02 Å². The van der Waals surface area contributed by atoms with Crippen LogP contribution in [0.5, 0.6) is 0 Å². The highest BCUT2D eigenvalue weighted by molar-refractivity contribution is 6.30. The Labute approximate surface area is 533 Å². The van der Waals surface area contributed by atoms with Crippen LogP contribution < -0.4 is 10.2 Å². The number of hydrogen-bond acceptors (Lipinski definition) is 2. The van der Waals surface area contributed by atoms with Crippen molar-refractivity contribution >= 4 is 148 Å². The van der Waals surface area contributed by atoms with Gasteiger partial charge in [0, 0.05) is 38.5 Å². The van der Waals surface area contributed by atoms with Crippen LogP contribution in [-0.2, 0) is 0 Å². The van der Waals surface area contributed by atoms with E-state index in [0.717, 1.165) is 27.8 Å². The number of nitrogens with zero attached hydrogens (tertiary/aromatic N) is 1. The minimum absolute atomic E-state index is 0.767. The molecule has 1 N–H and O–H groups in total. The summed E-state index contributed by atoms with van der Waals surface area (Å²) in [5, 5.41) is 29.7.